The number of ether oxygens (including phenoxy) is 1. The Bertz CT molecular complexity index is 837. The molecular weight excluding hydrogens is 314 g/mol. The fourth-order valence-corrected chi connectivity index (χ4v) is 2.95. The van der Waals surface area contributed by atoms with Crippen LogP contribution >= 0.6 is 0 Å². The van der Waals surface area contributed by atoms with Gasteiger partial charge < -0.3 is 15.0 Å². The second-order valence-corrected chi connectivity index (χ2v) is 6.15. The maximum absolute atomic E-state index is 5.40. The van der Waals surface area contributed by atoms with Crippen LogP contribution in [0.1, 0.15) is 5.56 Å². The minimum absolute atomic E-state index is 0.565. The molecule has 0 unspecified atom stereocenters. The number of rotatable bonds is 4. The number of aromatic nitrogens is 3. The van der Waals surface area contributed by atoms with E-state index in [1.807, 2.05) is 24.3 Å². The van der Waals surface area contributed by atoms with E-state index in [-0.39, 0.29) is 0 Å². The number of morpholine rings is 1. The van der Waals surface area contributed by atoms with Crippen LogP contribution in [0.4, 0.5) is 17.3 Å². The van der Waals surface area contributed by atoms with Gasteiger partial charge in [0, 0.05) is 30.0 Å². The smallest absolute Gasteiger partial charge is 0.246 e. The zero-order chi connectivity index (χ0) is 17.1. The van der Waals surface area contributed by atoms with E-state index in [9.17, 15) is 0 Å². The fraction of sp³-hybridized carbons (Fsp3) is 0.263. The first kappa shape index (κ1) is 15.7. The molecule has 6 nitrogen and oxygen atoms in total. The van der Waals surface area contributed by atoms with Crippen LogP contribution in [0.5, 0.6) is 0 Å². The van der Waals surface area contributed by atoms with Crippen molar-refractivity contribution in [2.75, 3.05) is 36.5 Å². The highest BCUT2D eigenvalue weighted by Crippen LogP contribution is 2.22. The van der Waals surface area contributed by atoms with Crippen molar-refractivity contribution in [1.82, 2.24) is 15.2 Å². The summed E-state index contributed by atoms with van der Waals surface area (Å²) < 4.78 is 5.40. The van der Waals surface area contributed by atoms with Crippen LogP contribution < -0.4 is 10.2 Å². The molecule has 6 heteroatoms. The molecule has 1 saturated heterocycles. The zero-order valence-electron chi connectivity index (χ0n) is 14.2. The molecule has 2 heterocycles. The van der Waals surface area contributed by atoms with Crippen molar-refractivity contribution in [2.24, 2.45) is 0 Å². The molecule has 128 valence electrons. The van der Waals surface area contributed by atoms with Gasteiger partial charge >= 0.3 is 0 Å². The third kappa shape index (κ3) is 3.64. The van der Waals surface area contributed by atoms with Crippen LogP contribution in [0.15, 0.2) is 48.5 Å². The van der Waals surface area contributed by atoms with Crippen molar-refractivity contribution < 1.29 is 4.74 Å². The van der Waals surface area contributed by atoms with Gasteiger partial charge in [-0.1, -0.05) is 23.8 Å². The number of aryl methyl sites for hydroxylation is 1. The quantitative estimate of drug-likeness (QED) is 0.765. The summed E-state index contributed by atoms with van der Waals surface area (Å²) in [5, 5.41) is 10.5. The summed E-state index contributed by atoms with van der Waals surface area (Å²) in [6.45, 7) is 5.52. The predicted octanol–water partition coefficient (Wildman–Crippen LogP) is 3.36. The molecule has 1 fully saturated rings. The van der Waals surface area contributed by atoms with E-state index in [1.165, 1.54) is 11.3 Å². The summed E-state index contributed by atoms with van der Waals surface area (Å²) in [7, 11) is 0. The van der Waals surface area contributed by atoms with Gasteiger partial charge in [-0.2, -0.15) is 4.98 Å². The number of hydrogen-bond acceptors (Lipinski definition) is 5. The van der Waals surface area contributed by atoms with E-state index in [1.54, 1.807) is 0 Å². The fourth-order valence-electron chi connectivity index (χ4n) is 2.95. The molecule has 1 aliphatic rings. The Morgan fingerprint density at radius 2 is 1.88 bits per heavy atom. The first-order chi connectivity index (χ1) is 12.3. The molecule has 0 atom stereocenters. The second kappa shape index (κ2) is 6.94. The standard InChI is InChI=1S/C19H21N5O/c1-14-3-2-4-15(13-14)18-21-19(23-22-18)20-16-5-7-17(8-6-16)24-9-11-25-12-10-24/h2-8,13H,9-12H2,1H3,(H2,20,21,22,23). The van der Waals surface area contributed by atoms with Crippen molar-refractivity contribution in [2.45, 2.75) is 6.92 Å². The normalized spacial score (nSPS) is 14.5. The summed E-state index contributed by atoms with van der Waals surface area (Å²) >= 11 is 0. The number of hydrogen-bond donors (Lipinski definition) is 2. The first-order valence-corrected chi connectivity index (χ1v) is 8.47. The summed E-state index contributed by atoms with van der Waals surface area (Å²) in [5.74, 6) is 1.33. The highest BCUT2D eigenvalue weighted by molar-refractivity contribution is 5.62. The topological polar surface area (TPSA) is 66.1 Å². The highest BCUT2D eigenvalue weighted by atomic mass is 16.5. The Labute approximate surface area is 146 Å². The third-order valence-corrected chi connectivity index (χ3v) is 4.28. The van der Waals surface area contributed by atoms with Gasteiger partial charge in [0.2, 0.25) is 5.95 Å². The number of H-pyrrole nitrogens is 1. The number of benzene rings is 2. The van der Waals surface area contributed by atoms with Crippen LogP contribution in [0.25, 0.3) is 11.4 Å². The van der Waals surface area contributed by atoms with Crippen molar-refractivity contribution >= 4 is 17.3 Å². The summed E-state index contributed by atoms with van der Waals surface area (Å²) in [6.07, 6.45) is 0. The Morgan fingerprint density at radius 1 is 1.08 bits per heavy atom. The van der Waals surface area contributed by atoms with Crippen molar-refractivity contribution in [1.29, 1.82) is 0 Å². The molecule has 2 N–H and O–H groups in total. The molecule has 25 heavy (non-hydrogen) atoms. The van der Waals surface area contributed by atoms with E-state index < -0.39 is 0 Å². The maximum atomic E-state index is 5.40. The Morgan fingerprint density at radius 3 is 2.64 bits per heavy atom. The molecule has 2 aromatic carbocycles. The van der Waals surface area contributed by atoms with E-state index in [0.717, 1.165) is 43.4 Å². The number of aromatic amines is 1. The Balaban J connectivity index is 1.45. The molecule has 0 saturated carbocycles. The second-order valence-electron chi connectivity index (χ2n) is 6.15. The lowest BCUT2D eigenvalue weighted by molar-refractivity contribution is 0.122. The monoisotopic (exact) mass is 335 g/mol. The van der Waals surface area contributed by atoms with Gasteiger partial charge in [-0.25, -0.2) is 0 Å². The summed E-state index contributed by atoms with van der Waals surface area (Å²) in [6, 6.07) is 16.5. The average molecular weight is 335 g/mol. The molecule has 0 bridgehead atoms. The van der Waals surface area contributed by atoms with Gasteiger partial charge in [-0.05, 0) is 37.3 Å². The van der Waals surface area contributed by atoms with Crippen molar-refractivity contribution in [3.05, 3.63) is 54.1 Å². The lowest BCUT2D eigenvalue weighted by Crippen LogP contribution is -2.36. The summed E-state index contributed by atoms with van der Waals surface area (Å²) in [4.78, 5) is 6.85. The number of anilines is 3. The molecule has 0 spiro atoms. The molecule has 1 aliphatic heterocycles. The van der Waals surface area contributed by atoms with Crippen LogP contribution in [0.3, 0.4) is 0 Å². The Hall–Kier alpha value is -2.86. The largest absolute Gasteiger partial charge is 0.378 e. The molecule has 0 amide bonds. The SMILES string of the molecule is Cc1cccc(-c2nc(Nc3ccc(N4CCOCC4)cc3)n[nH]2)c1. The van der Waals surface area contributed by atoms with Crippen LogP contribution in [0, 0.1) is 6.92 Å². The van der Waals surface area contributed by atoms with Gasteiger partial charge in [-0.15, -0.1) is 5.10 Å². The lowest BCUT2D eigenvalue weighted by Gasteiger charge is -2.28. The first-order valence-electron chi connectivity index (χ1n) is 8.47. The van der Waals surface area contributed by atoms with E-state index in [4.69, 9.17) is 4.74 Å². The third-order valence-electron chi connectivity index (χ3n) is 4.28. The van der Waals surface area contributed by atoms with E-state index >= 15 is 0 Å². The maximum Gasteiger partial charge on any atom is 0.246 e. The summed E-state index contributed by atoms with van der Waals surface area (Å²) in [5.41, 5.74) is 4.40. The average Bonchev–Trinajstić information content (AvgIpc) is 3.12. The minimum atomic E-state index is 0.565. The lowest BCUT2D eigenvalue weighted by atomic mass is 10.1. The van der Waals surface area contributed by atoms with Gasteiger partial charge in [0.1, 0.15) is 0 Å². The molecule has 0 aliphatic carbocycles. The van der Waals surface area contributed by atoms with Crippen molar-refractivity contribution in [3.8, 4) is 11.4 Å². The predicted molar refractivity (Wildman–Crippen MR) is 99.3 cm³/mol. The highest BCUT2D eigenvalue weighted by Gasteiger charge is 2.11. The van der Waals surface area contributed by atoms with Crippen LogP contribution in [-0.4, -0.2) is 41.5 Å². The minimum Gasteiger partial charge on any atom is -0.378 e. The zero-order valence-corrected chi connectivity index (χ0v) is 14.2. The van der Waals surface area contributed by atoms with E-state index in [2.05, 4.69) is 56.6 Å². The van der Waals surface area contributed by atoms with Crippen molar-refractivity contribution in [3.63, 3.8) is 0 Å². The van der Waals surface area contributed by atoms with E-state index in [0.29, 0.717) is 5.95 Å². The van der Waals surface area contributed by atoms with Gasteiger partial charge in [0.15, 0.2) is 5.82 Å². The van der Waals surface area contributed by atoms with Crippen LogP contribution in [-0.2, 0) is 4.74 Å². The van der Waals surface area contributed by atoms with Crippen LogP contribution in [0.2, 0.25) is 0 Å². The molecule has 1 aromatic heterocycles. The molecule has 4 rings (SSSR count). The Kier molecular flexibility index (Phi) is 4.35. The van der Waals surface area contributed by atoms with Gasteiger partial charge in [0.05, 0.1) is 13.2 Å². The van der Waals surface area contributed by atoms with Gasteiger partial charge in [-0.3, -0.25) is 5.10 Å². The molecule has 3 aromatic rings. The molecule has 0 radical (unpaired) electrons. The molecular formula is C19H21N5O. The number of nitrogens with one attached hydrogen (secondary N) is 2. The van der Waals surface area contributed by atoms with Gasteiger partial charge in [0.25, 0.3) is 0 Å². The number of nitrogens with zero attached hydrogens (tertiary/aromatic N) is 3.